The van der Waals surface area contributed by atoms with Crippen molar-refractivity contribution in [2.75, 3.05) is 5.73 Å². The Kier molecular flexibility index (Phi) is 3.84. The van der Waals surface area contributed by atoms with E-state index < -0.39 is 0 Å². The monoisotopic (exact) mass is 304 g/mol. The Morgan fingerprint density at radius 3 is 2.71 bits per heavy atom. The van der Waals surface area contributed by atoms with Crippen molar-refractivity contribution in [3.63, 3.8) is 0 Å². The largest absolute Gasteiger partial charge is 0.382 e. The van der Waals surface area contributed by atoms with Crippen molar-refractivity contribution in [3.05, 3.63) is 46.6 Å². The average Bonchev–Trinajstić information content (AvgIpc) is 2.82. The molecule has 0 aliphatic heterocycles. The third kappa shape index (κ3) is 3.36. The first-order chi connectivity index (χ1) is 10.1. The molecule has 1 amide bonds. The van der Waals surface area contributed by atoms with Crippen LogP contribution in [-0.4, -0.2) is 22.1 Å². The number of H-pyrrole nitrogens is 1. The van der Waals surface area contributed by atoms with Gasteiger partial charge in [-0.15, -0.1) is 0 Å². The summed E-state index contributed by atoms with van der Waals surface area (Å²) in [7, 11) is 0. The molecule has 0 atom stereocenters. The van der Waals surface area contributed by atoms with Crippen LogP contribution in [-0.2, 0) is 11.2 Å². The molecule has 1 heterocycles. The molecule has 0 bridgehead atoms. The molecule has 1 saturated carbocycles. The van der Waals surface area contributed by atoms with Crippen molar-refractivity contribution < 1.29 is 4.79 Å². The zero-order chi connectivity index (χ0) is 14.8. The van der Waals surface area contributed by atoms with Crippen LogP contribution in [0.15, 0.2) is 30.3 Å². The summed E-state index contributed by atoms with van der Waals surface area (Å²) < 4.78 is 0. The van der Waals surface area contributed by atoms with Gasteiger partial charge in [0.1, 0.15) is 5.82 Å². The molecule has 0 saturated heterocycles. The van der Waals surface area contributed by atoms with Crippen LogP contribution in [0.5, 0.6) is 0 Å². The number of benzene rings is 1. The van der Waals surface area contributed by atoms with Gasteiger partial charge >= 0.3 is 0 Å². The minimum Gasteiger partial charge on any atom is -0.382 e. The summed E-state index contributed by atoms with van der Waals surface area (Å²) in [5.74, 6) is 0.973. The lowest BCUT2D eigenvalue weighted by Gasteiger charge is -2.35. The molecule has 4 N–H and O–H groups in total. The zero-order valence-electron chi connectivity index (χ0n) is 11.5. The van der Waals surface area contributed by atoms with E-state index in [1.807, 2.05) is 18.2 Å². The number of amides is 1. The number of aromatic amines is 1. The van der Waals surface area contributed by atoms with Crippen LogP contribution in [0.4, 0.5) is 5.82 Å². The fourth-order valence-electron chi connectivity index (χ4n) is 2.62. The number of nitrogens with one attached hydrogen (secondary N) is 2. The Balaban J connectivity index is 1.46. The molecular weight excluding hydrogens is 288 g/mol. The lowest BCUT2D eigenvalue weighted by atomic mass is 9.78. The number of hydrogen-bond donors (Lipinski definition) is 3. The molecular formula is C15H17ClN4O. The molecule has 110 valence electrons. The number of nitrogens with zero attached hydrogens (tertiary/aromatic N) is 1. The van der Waals surface area contributed by atoms with E-state index in [4.69, 9.17) is 17.3 Å². The summed E-state index contributed by atoms with van der Waals surface area (Å²) in [6.45, 7) is 0. The smallest absolute Gasteiger partial charge is 0.224 e. The molecule has 1 aliphatic rings. The summed E-state index contributed by atoms with van der Waals surface area (Å²) in [6, 6.07) is 9.44. The van der Waals surface area contributed by atoms with Gasteiger partial charge in [0, 0.05) is 28.7 Å². The first kappa shape index (κ1) is 13.9. The van der Waals surface area contributed by atoms with Gasteiger partial charge in [-0.2, -0.15) is 5.10 Å². The molecule has 21 heavy (non-hydrogen) atoms. The minimum absolute atomic E-state index is 0.0462. The van der Waals surface area contributed by atoms with Gasteiger partial charge in [-0.25, -0.2) is 0 Å². The third-order valence-corrected chi connectivity index (χ3v) is 4.09. The number of nitrogen functional groups attached to an aromatic ring is 1. The Morgan fingerprint density at radius 2 is 2.10 bits per heavy atom. The van der Waals surface area contributed by atoms with Crippen molar-refractivity contribution in [1.82, 2.24) is 15.5 Å². The standard InChI is InChI=1S/C15H17ClN4O/c16-11-3-1-9(2-4-11)5-15(21)18-12-6-10(7-12)13-8-14(17)20-19-13/h1-4,8,10,12H,5-7H2,(H,18,21)(H3,17,19,20). The van der Waals surface area contributed by atoms with Crippen LogP contribution in [0.25, 0.3) is 0 Å². The third-order valence-electron chi connectivity index (χ3n) is 3.84. The molecule has 1 aromatic carbocycles. The van der Waals surface area contributed by atoms with Crippen molar-refractivity contribution in [2.45, 2.75) is 31.2 Å². The Morgan fingerprint density at radius 1 is 1.38 bits per heavy atom. The van der Waals surface area contributed by atoms with Gasteiger partial charge in [-0.1, -0.05) is 23.7 Å². The Hall–Kier alpha value is -2.01. The zero-order valence-corrected chi connectivity index (χ0v) is 12.2. The molecule has 2 aromatic rings. The lowest BCUT2D eigenvalue weighted by Crippen LogP contribution is -2.44. The van der Waals surface area contributed by atoms with Gasteiger partial charge in [-0.3, -0.25) is 9.89 Å². The maximum atomic E-state index is 12.0. The first-order valence-electron chi connectivity index (χ1n) is 6.95. The molecule has 0 spiro atoms. The molecule has 0 unspecified atom stereocenters. The fourth-order valence-corrected chi connectivity index (χ4v) is 2.74. The number of halogens is 1. The molecule has 5 nitrogen and oxygen atoms in total. The van der Waals surface area contributed by atoms with Crippen LogP contribution in [0, 0.1) is 0 Å². The van der Waals surface area contributed by atoms with E-state index in [0.29, 0.717) is 23.2 Å². The van der Waals surface area contributed by atoms with Gasteiger partial charge in [0.05, 0.1) is 6.42 Å². The fraction of sp³-hybridized carbons (Fsp3) is 0.333. The number of nitrogens with two attached hydrogens (primary N) is 1. The highest BCUT2D eigenvalue weighted by atomic mass is 35.5. The predicted molar refractivity (Wildman–Crippen MR) is 82.1 cm³/mol. The van der Waals surface area contributed by atoms with Crippen molar-refractivity contribution in [1.29, 1.82) is 0 Å². The van der Waals surface area contributed by atoms with Gasteiger partial charge in [0.25, 0.3) is 0 Å². The number of carbonyl (C=O) groups excluding carboxylic acids is 1. The van der Waals surface area contributed by atoms with Gasteiger partial charge in [0.2, 0.25) is 5.91 Å². The second-order valence-electron chi connectivity index (χ2n) is 5.48. The predicted octanol–water partition coefficient (Wildman–Crippen LogP) is 2.25. The highest BCUT2D eigenvalue weighted by Crippen LogP contribution is 2.36. The maximum absolute atomic E-state index is 12.0. The van der Waals surface area contributed by atoms with Crippen molar-refractivity contribution in [3.8, 4) is 0 Å². The van der Waals surface area contributed by atoms with E-state index in [1.54, 1.807) is 12.1 Å². The number of anilines is 1. The summed E-state index contributed by atoms with van der Waals surface area (Å²) >= 11 is 5.82. The number of carbonyl (C=O) groups is 1. The van der Waals surface area contributed by atoms with Gasteiger partial charge < -0.3 is 11.1 Å². The lowest BCUT2D eigenvalue weighted by molar-refractivity contribution is -0.121. The van der Waals surface area contributed by atoms with E-state index in [9.17, 15) is 4.79 Å². The minimum atomic E-state index is 0.0462. The van der Waals surface area contributed by atoms with Crippen molar-refractivity contribution in [2.24, 2.45) is 0 Å². The topological polar surface area (TPSA) is 83.8 Å². The van der Waals surface area contributed by atoms with E-state index in [-0.39, 0.29) is 11.9 Å². The number of aromatic nitrogens is 2. The van der Waals surface area contributed by atoms with Crippen LogP contribution in [0.3, 0.4) is 0 Å². The second-order valence-corrected chi connectivity index (χ2v) is 5.92. The van der Waals surface area contributed by atoms with Gasteiger partial charge in [0.15, 0.2) is 0 Å². The molecule has 1 fully saturated rings. The van der Waals surface area contributed by atoms with Crippen LogP contribution in [0.1, 0.15) is 30.0 Å². The molecule has 1 aromatic heterocycles. The van der Waals surface area contributed by atoms with Crippen molar-refractivity contribution >= 4 is 23.3 Å². The van der Waals surface area contributed by atoms with Crippen LogP contribution >= 0.6 is 11.6 Å². The summed E-state index contributed by atoms with van der Waals surface area (Å²) in [4.78, 5) is 12.0. The highest BCUT2D eigenvalue weighted by molar-refractivity contribution is 6.30. The first-order valence-corrected chi connectivity index (χ1v) is 7.32. The second kappa shape index (κ2) is 5.77. The van der Waals surface area contributed by atoms with E-state index >= 15 is 0 Å². The van der Waals surface area contributed by atoms with E-state index in [1.165, 1.54) is 0 Å². The molecule has 3 rings (SSSR count). The quantitative estimate of drug-likeness (QED) is 0.810. The summed E-state index contributed by atoms with van der Waals surface area (Å²) in [5, 5.41) is 10.6. The molecule has 0 radical (unpaired) electrons. The molecule has 6 heteroatoms. The SMILES string of the molecule is Nc1cc(C2CC(NC(=O)Cc3ccc(Cl)cc3)C2)[nH]n1. The number of rotatable bonds is 4. The van der Waals surface area contributed by atoms with Crippen LogP contribution in [0.2, 0.25) is 5.02 Å². The van der Waals surface area contributed by atoms with E-state index in [0.717, 1.165) is 24.1 Å². The summed E-state index contributed by atoms with van der Waals surface area (Å²) in [6.07, 6.45) is 2.23. The maximum Gasteiger partial charge on any atom is 0.224 e. The normalized spacial score (nSPS) is 20.8. The Labute approximate surface area is 127 Å². The van der Waals surface area contributed by atoms with Gasteiger partial charge in [-0.05, 0) is 30.5 Å². The highest BCUT2D eigenvalue weighted by Gasteiger charge is 2.32. The summed E-state index contributed by atoms with van der Waals surface area (Å²) in [5.41, 5.74) is 7.60. The molecule has 1 aliphatic carbocycles. The average molecular weight is 305 g/mol. The van der Waals surface area contributed by atoms with E-state index in [2.05, 4.69) is 15.5 Å². The number of hydrogen-bond acceptors (Lipinski definition) is 3. The van der Waals surface area contributed by atoms with Crippen LogP contribution < -0.4 is 11.1 Å². The Bertz CT molecular complexity index is 631.